The molecule has 0 aliphatic heterocycles. The molecular weight excluding hydrogens is 309 g/mol. The van der Waals surface area contributed by atoms with E-state index in [0.717, 1.165) is 0 Å². The lowest BCUT2D eigenvalue weighted by Crippen LogP contribution is -2.33. The summed E-state index contributed by atoms with van der Waals surface area (Å²) in [6, 6.07) is 17.2. The number of hydrogen-bond acceptors (Lipinski definition) is 4. The van der Waals surface area contributed by atoms with Crippen LogP contribution in [0, 0.1) is 0 Å². The van der Waals surface area contributed by atoms with Gasteiger partial charge in [-0.3, -0.25) is 9.59 Å². The quantitative estimate of drug-likeness (QED) is 0.454. The van der Waals surface area contributed by atoms with Crippen LogP contribution in [0.25, 0.3) is 0 Å². The third kappa shape index (κ3) is 4.91. The zero-order valence-corrected chi connectivity index (χ0v) is 13.5. The van der Waals surface area contributed by atoms with Gasteiger partial charge in [0.15, 0.2) is 0 Å². The number of Topliss-reactive ketones (excluding diaryl/α,β-unsaturated/α-hetero) is 1. The van der Waals surface area contributed by atoms with E-state index in [1.54, 1.807) is 61.5 Å². The maximum atomic E-state index is 15.6. The summed E-state index contributed by atoms with van der Waals surface area (Å²) < 4.78 is 20.4. The first-order valence-corrected chi connectivity index (χ1v) is 7.78. The summed E-state index contributed by atoms with van der Waals surface area (Å²) in [5.41, 5.74) is 0.874. The summed E-state index contributed by atoms with van der Waals surface area (Å²) in [6.45, 7) is 1.84. The van der Waals surface area contributed by atoms with Crippen molar-refractivity contribution < 1.29 is 18.7 Å². The minimum atomic E-state index is -2.10. The van der Waals surface area contributed by atoms with Crippen LogP contribution in [0.1, 0.15) is 25.3 Å². The van der Waals surface area contributed by atoms with Crippen LogP contribution in [-0.4, -0.2) is 18.4 Å². The smallest absolute Gasteiger partial charge is 0.313 e. The summed E-state index contributed by atoms with van der Waals surface area (Å²) in [5, 5.41) is 2.77. The van der Waals surface area contributed by atoms with Gasteiger partial charge < -0.3 is 10.1 Å². The summed E-state index contributed by atoms with van der Waals surface area (Å²) in [7, 11) is 0. The van der Waals surface area contributed by atoms with Crippen molar-refractivity contribution in [2.45, 2.75) is 25.6 Å². The van der Waals surface area contributed by atoms with Gasteiger partial charge in [-0.1, -0.05) is 48.5 Å². The number of carbonyl (C=O) groups excluding carboxylic acids is 2. The molecule has 0 aliphatic rings. The fraction of sp³-hybridized carbons (Fsp3) is 0.263. The fourth-order valence-electron chi connectivity index (χ4n) is 2.38. The summed E-state index contributed by atoms with van der Waals surface area (Å²) in [5.74, 6) is -3.27. The summed E-state index contributed by atoms with van der Waals surface area (Å²) >= 11 is 0. The van der Waals surface area contributed by atoms with Gasteiger partial charge in [0.2, 0.25) is 5.79 Å². The maximum Gasteiger partial charge on any atom is 0.313 e. The van der Waals surface area contributed by atoms with E-state index < -0.39 is 30.4 Å². The van der Waals surface area contributed by atoms with Gasteiger partial charge >= 0.3 is 5.97 Å². The maximum absolute atomic E-state index is 15.6. The Morgan fingerprint density at radius 1 is 1.04 bits per heavy atom. The van der Waals surface area contributed by atoms with Crippen molar-refractivity contribution in [2.24, 2.45) is 0 Å². The van der Waals surface area contributed by atoms with Crippen LogP contribution in [0.5, 0.6) is 0 Å². The Bertz CT molecular complexity index is 676. The number of ketones is 1. The molecule has 1 N–H and O–H groups in total. The van der Waals surface area contributed by atoms with Crippen LogP contribution in [0.4, 0.5) is 10.1 Å². The number of carbonyl (C=O) groups is 2. The number of para-hydroxylation sites is 1. The lowest BCUT2D eigenvalue weighted by Gasteiger charge is -2.27. The molecule has 0 bridgehead atoms. The van der Waals surface area contributed by atoms with Gasteiger partial charge in [0, 0.05) is 11.3 Å². The lowest BCUT2D eigenvalue weighted by molar-refractivity contribution is -0.145. The van der Waals surface area contributed by atoms with E-state index in [-0.39, 0.29) is 6.61 Å². The topological polar surface area (TPSA) is 55.4 Å². The molecule has 126 valence electrons. The van der Waals surface area contributed by atoms with Gasteiger partial charge in [-0.05, 0) is 19.1 Å². The molecule has 0 heterocycles. The van der Waals surface area contributed by atoms with Gasteiger partial charge in [-0.25, -0.2) is 4.39 Å². The Kier molecular flexibility index (Phi) is 6.07. The standard InChI is InChI=1S/C19H20FNO3/c1-2-24-18(23)13-17(22)14-19(20,15-9-5-3-6-10-15)21-16-11-7-4-8-12-16/h3-12,21H,2,13-14H2,1H3. The predicted molar refractivity (Wildman–Crippen MR) is 90.2 cm³/mol. The zero-order valence-electron chi connectivity index (χ0n) is 13.5. The molecule has 0 saturated heterocycles. The molecule has 0 saturated carbocycles. The normalized spacial score (nSPS) is 12.9. The first-order chi connectivity index (χ1) is 11.5. The van der Waals surface area contributed by atoms with Crippen molar-refractivity contribution in [3.05, 3.63) is 66.2 Å². The Balaban J connectivity index is 2.20. The molecule has 0 amide bonds. The third-order valence-electron chi connectivity index (χ3n) is 3.44. The molecule has 24 heavy (non-hydrogen) atoms. The van der Waals surface area contributed by atoms with E-state index in [4.69, 9.17) is 4.74 Å². The van der Waals surface area contributed by atoms with Crippen LogP contribution < -0.4 is 5.32 Å². The number of anilines is 1. The number of alkyl halides is 1. The van der Waals surface area contributed by atoms with Crippen molar-refractivity contribution in [3.8, 4) is 0 Å². The average molecular weight is 329 g/mol. The number of halogens is 1. The highest BCUT2D eigenvalue weighted by molar-refractivity contribution is 5.96. The van der Waals surface area contributed by atoms with Crippen molar-refractivity contribution in [2.75, 3.05) is 11.9 Å². The average Bonchev–Trinajstić information content (AvgIpc) is 2.56. The van der Waals surface area contributed by atoms with Crippen LogP contribution in [0.2, 0.25) is 0 Å². The third-order valence-corrected chi connectivity index (χ3v) is 3.44. The Labute approximate surface area is 140 Å². The molecule has 0 fully saturated rings. The summed E-state index contributed by atoms with van der Waals surface area (Å²) in [6.07, 6.45) is -0.909. The van der Waals surface area contributed by atoms with Crippen LogP contribution >= 0.6 is 0 Å². The van der Waals surface area contributed by atoms with E-state index in [0.29, 0.717) is 11.3 Å². The monoisotopic (exact) mass is 329 g/mol. The number of benzene rings is 2. The van der Waals surface area contributed by atoms with Crippen molar-refractivity contribution in [3.63, 3.8) is 0 Å². The highest BCUT2D eigenvalue weighted by Gasteiger charge is 2.35. The minimum absolute atomic E-state index is 0.188. The van der Waals surface area contributed by atoms with E-state index >= 15 is 4.39 Å². The largest absolute Gasteiger partial charge is 0.466 e. The van der Waals surface area contributed by atoms with Crippen LogP contribution in [-0.2, 0) is 20.1 Å². The molecule has 1 unspecified atom stereocenters. The number of rotatable bonds is 8. The SMILES string of the molecule is CCOC(=O)CC(=O)CC(F)(Nc1ccccc1)c1ccccc1. The molecule has 2 rings (SSSR count). The molecule has 0 aliphatic carbocycles. The van der Waals surface area contributed by atoms with E-state index in [1.165, 1.54) is 0 Å². The molecular formula is C19H20FNO3. The number of esters is 1. The van der Waals surface area contributed by atoms with Crippen LogP contribution in [0.3, 0.4) is 0 Å². The van der Waals surface area contributed by atoms with E-state index in [1.807, 2.05) is 6.07 Å². The molecule has 1 atom stereocenters. The molecule has 2 aromatic carbocycles. The second-order valence-electron chi connectivity index (χ2n) is 5.36. The van der Waals surface area contributed by atoms with Gasteiger partial charge in [0.25, 0.3) is 0 Å². The Morgan fingerprint density at radius 3 is 2.21 bits per heavy atom. The Morgan fingerprint density at radius 2 is 1.62 bits per heavy atom. The molecule has 2 aromatic rings. The van der Waals surface area contributed by atoms with E-state index in [9.17, 15) is 9.59 Å². The molecule has 0 spiro atoms. The Hall–Kier alpha value is -2.69. The van der Waals surface area contributed by atoms with Crippen molar-refractivity contribution in [1.29, 1.82) is 0 Å². The number of nitrogens with one attached hydrogen (secondary N) is 1. The predicted octanol–water partition coefficient (Wildman–Crippen LogP) is 3.83. The van der Waals surface area contributed by atoms with Gasteiger partial charge in [-0.2, -0.15) is 0 Å². The minimum Gasteiger partial charge on any atom is -0.466 e. The molecule has 4 nitrogen and oxygen atoms in total. The molecule has 5 heteroatoms. The first-order valence-electron chi connectivity index (χ1n) is 7.78. The second-order valence-corrected chi connectivity index (χ2v) is 5.36. The lowest BCUT2D eigenvalue weighted by atomic mass is 9.97. The summed E-state index contributed by atoms with van der Waals surface area (Å²) in [4.78, 5) is 23.6. The van der Waals surface area contributed by atoms with Gasteiger partial charge in [0.05, 0.1) is 13.0 Å². The zero-order chi connectivity index (χ0) is 17.4. The van der Waals surface area contributed by atoms with E-state index in [2.05, 4.69) is 5.32 Å². The van der Waals surface area contributed by atoms with Crippen molar-refractivity contribution in [1.82, 2.24) is 0 Å². The second kappa shape index (κ2) is 8.24. The number of hydrogen-bond donors (Lipinski definition) is 1. The number of ether oxygens (including phenoxy) is 1. The molecule has 0 radical (unpaired) electrons. The van der Waals surface area contributed by atoms with Gasteiger partial charge in [0.1, 0.15) is 12.2 Å². The van der Waals surface area contributed by atoms with Crippen LogP contribution in [0.15, 0.2) is 60.7 Å². The highest BCUT2D eigenvalue weighted by Crippen LogP contribution is 2.32. The highest BCUT2D eigenvalue weighted by atomic mass is 19.1. The first kappa shape index (κ1) is 17.7. The molecule has 0 aromatic heterocycles. The van der Waals surface area contributed by atoms with Crippen molar-refractivity contribution >= 4 is 17.4 Å². The fourth-order valence-corrected chi connectivity index (χ4v) is 2.38. The van der Waals surface area contributed by atoms with Gasteiger partial charge in [-0.15, -0.1) is 0 Å².